The van der Waals surface area contributed by atoms with Crippen LogP contribution in [0.5, 0.6) is 11.5 Å². The SMILES string of the molecule is COc1cc(OC)cc(C2CCCCC2CC(=O)O)c1. The summed E-state index contributed by atoms with van der Waals surface area (Å²) >= 11 is 0. The number of carboxylic acid groups (broad SMARTS) is 1. The quantitative estimate of drug-likeness (QED) is 0.896. The molecule has 2 rings (SSSR count). The molecule has 0 radical (unpaired) electrons. The molecule has 0 bridgehead atoms. The lowest BCUT2D eigenvalue weighted by Gasteiger charge is -2.31. The van der Waals surface area contributed by atoms with Gasteiger partial charge in [-0.15, -0.1) is 0 Å². The summed E-state index contributed by atoms with van der Waals surface area (Å²) in [5.41, 5.74) is 1.13. The second kappa shape index (κ2) is 6.64. The number of hydrogen-bond donors (Lipinski definition) is 1. The van der Waals surface area contributed by atoms with Gasteiger partial charge < -0.3 is 14.6 Å². The maximum absolute atomic E-state index is 11.0. The van der Waals surface area contributed by atoms with Crippen LogP contribution >= 0.6 is 0 Å². The molecule has 20 heavy (non-hydrogen) atoms. The number of hydrogen-bond acceptors (Lipinski definition) is 3. The van der Waals surface area contributed by atoms with E-state index in [1.54, 1.807) is 14.2 Å². The van der Waals surface area contributed by atoms with Gasteiger partial charge in [0, 0.05) is 12.5 Å². The van der Waals surface area contributed by atoms with Crippen LogP contribution in [0.2, 0.25) is 0 Å². The molecule has 2 atom stereocenters. The zero-order chi connectivity index (χ0) is 14.5. The van der Waals surface area contributed by atoms with E-state index in [1.165, 1.54) is 0 Å². The third-order valence-corrected chi connectivity index (χ3v) is 4.15. The fourth-order valence-electron chi connectivity index (χ4n) is 3.16. The Balaban J connectivity index is 2.28. The number of rotatable bonds is 5. The van der Waals surface area contributed by atoms with E-state index >= 15 is 0 Å². The third-order valence-electron chi connectivity index (χ3n) is 4.15. The van der Waals surface area contributed by atoms with E-state index in [0.29, 0.717) is 0 Å². The molecule has 1 aliphatic rings. The third kappa shape index (κ3) is 3.44. The normalized spacial score (nSPS) is 22.3. The predicted octanol–water partition coefficient (Wildman–Crippen LogP) is 3.45. The molecule has 0 heterocycles. The maximum Gasteiger partial charge on any atom is 0.303 e. The van der Waals surface area contributed by atoms with Gasteiger partial charge in [0.05, 0.1) is 14.2 Å². The Bertz CT molecular complexity index is 447. The van der Waals surface area contributed by atoms with Crippen LogP contribution in [0.15, 0.2) is 18.2 Å². The van der Waals surface area contributed by atoms with Crippen molar-refractivity contribution in [1.82, 2.24) is 0 Å². The average molecular weight is 278 g/mol. The molecule has 1 aliphatic carbocycles. The van der Waals surface area contributed by atoms with Crippen LogP contribution in [0, 0.1) is 5.92 Å². The highest BCUT2D eigenvalue weighted by molar-refractivity contribution is 5.67. The number of aliphatic carboxylic acids is 1. The number of benzene rings is 1. The molecule has 1 aromatic carbocycles. The Kier molecular flexibility index (Phi) is 4.88. The van der Waals surface area contributed by atoms with Crippen molar-refractivity contribution < 1.29 is 19.4 Å². The highest BCUT2D eigenvalue weighted by Crippen LogP contribution is 2.41. The fraction of sp³-hybridized carbons (Fsp3) is 0.562. The fourth-order valence-corrected chi connectivity index (χ4v) is 3.16. The first-order valence-electron chi connectivity index (χ1n) is 7.08. The standard InChI is InChI=1S/C16H22O4/c1-19-13-7-12(8-14(10-13)20-2)15-6-4-3-5-11(15)9-16(17)18/h7-8,10-11,15H,3-6,9H2,1-2H3,(H,17,18). The second-order valence-electron chi connectivity index (χ2n) is 5.39. The van der Waals surface area contributed by atoms with E-state index in [-0.39, 0.29) is 18.3 Å². The zero-order valence-electron chi connectivity index (χ0n) is 12.1. The van der Waals surface area contributed by atoms with Gasteiger partial charge in [0.1, 0.15) is 11.5 Å². The van der Waals surface area contributed by atoms with E-state index in [9.17, 15) is 4.79 Å². The van der Waals surface area contributed by atoms with Crippen molar-refractivity contribution >= 4 is 5.97 Å². The molecule has 0 amide bonds. The van der Waals surface area contributed by atoms with Gasteiger partial charge in [0.25, 0.3) is 0 Å². The van der Waals surface area contributed by atoms with Crippen molar-refractivity contribution in [3.05, 3.63) is 23.8 Å². The van der Waals surface area contributed by atoms with E-state index in [2.05, 4.69) is 0 Å². The van der Waals surface area contributed by atoms with Crippen molar-refractivity contribution in [1.29, 1.82) is 0 Å². The van der Waals surface area contributed by atoms with Crippen molar-refractivity contribution in [2.24, 2.45) is 5.92 Å². The van der Waals surface area contributed by atoms with Gasteiger partial charge in [-0.1, -0.05) is 12.8 Å². The van der Waals surface area contributed by atoms with Crippen LogP contribution in [0.4, 0.5) is 0 Å². The summed E-state index contributed by atoms with van der Waals surface area (Å²) in [5.74, 6) is 1.30. The van der Waals surface area contributed by atoms with E-state index in [1.807, 2.05) is 18.2 Å². The van der Waals surface area contributed by atoms with Crippen molar-refractivity contribution in [3.63, 3.8) is 0 Å². The summed E-state index contributed by atoms with van der Waals surface area (Å²) < 4.78 is 10.6. The Labute approximate surface area is 119 Å². The molecular weight excluding hydrogens is 256 g/mol. The lowest BCUT2D eigenvalue weighted by Crippen LogP contribution is -2.20. The Morgan fingerprint density at radius 2 is 1.75 bits per heavy atom. The Morgan fingerprint density at radius 1 is 1.15 bits per heavy atom. The average Bonchev–Trinajstić information content (AvgIpc) is 2.46. The van der Waals surface area contributed by atoms with Crippen LogP contribution < -0.4 is 9.47 Å². The highest BCUT2D eigenvalue weighted by Gasteiger charge is 2.28. The number of methoxy groups -OCH3 is 2. The summed E-state index contributed by atoms with van der Waals surface area (Å²) in [6.45, 7) is 0. The molecule has 1 fully saturated rings. The zero-order valence-corrected chi connectivity index (χ0v) is 12.1. The highest BCUT2D eigenvalue weighted by atomic mass is 16.5. The monoisotopic (exact) mass is 278 g/mol. The molecule has 0 aliphatic heterocycles. The molecule has 0 spiro atoms. The molecule has 1 saturated carbocycles. The smallest absolute Gasteiger partial charge is 0.303 e. The van der Waals surface area contributed by atoms with Crippen molar-refractivity contribution in [2.45, 2.75) is 38.0 Å². The number of carbonyl (C=O) groups is 1. The van der Waals surface area contributed by atoms with Crippen LogP contribution in [-0.4, -0.2) is 25.3 Å². The van der Waals surface area contributed by atoms with Crippen molar-refractivity contribution in [2.75, 3.05) is 14.2 Å². The molecule has 110 valence electrons. The van der Waals surface area contributed by atoms with Crippen LogP contribution in [0.25, 0.3) is 0 Å². The topological polar surface area (TPSA) is 55.8 Å². The molecule has 2 unspecified atom stereocenters. The Morgan fingerprint density at radius 3 is 2.30 bits per heavy atom. The molecule has 4 nitrogen and oxygen atoms in total. The minimum absolute atomic E-state index is 0.207. The van der Waals surface area contributed by atoms with Gasteiger partial charge in [-0.05, 0) is 42.4 Å². The lowest BCUT2D eigenvalue weighted by molar-refractivity contribution is -0.138. The van der Waals surface area contributed by atoms with Crippen LogP contribution in [0.3, 0.4) is 0 Å². The van der Waals surface area contributed by atoms with E-state index < -0.39 is 5.97 Å². The summed E-state index contributed by atoms with van der Waals surface area (Å²) in [6.07, 6.45) is 4.53. The van der Waals surface area contributed by atoms with E-state index in [4.69, 9.17) is 14.6 Å². The van der Waals surface area contributed by atoms with Gasteiger partial charge in [-0.2, -0.15) is 0 Å². The lowest BCUT2D eigenvalue weighted by atomic mass is 9.74. The molecule has 1 aromatic rings. The molecular formula is C16H22O4. The number of ether oxygens (including phenoxy) is 2. The summed E-state index contributed by atoms with van der Waals surface area (Å²) in [6, 6.07) is 5.86. The minimum atomic E-state index is -0.711. The van der Waals surface area contributed by atoms with Gasteiger partial charge in [0.2, 0.25) is 0 Å². The van der Waals surface area contributed by atoms with Gasteiger partial charge in [0.15, 0.2) is 0 Å². The minimum Gasteiger partial charge on any atom is -0.497 e. The molecule has 0 saturated heterocycles. The van der Waals surface area contributed by atoms with Crippen molar-refractivity contribution in [3.8, 4) is 11.5 Å². The van der Waals surface area contributed by atoms with Gasteiger partial charge in [-0.25, -0.2) is 0 Å². The van der Waals surface area contributed by atoms with Gasteiger partial charge in [-0.3, -0.25) is 4.79 Å². The summed E-state index contributed by atoms with van der Waals surface area (Å²) in [4.78, 5) is 11.0. The van der Waals surface area contributed by atoms with E-state index in [0.717, 1.165) is 42.7 Å². The van der Waals surface area contributed by atoms with Crippen LogP contribution in [-0.2, 0) is 4.79 Å². The molecule has 4 heteroatoms. The summed E-state index contributed by atoms with van der Waals surface area (Å²) in [5, 5.41) is 9.08. The largest absolute Gasteiger partial charge is 0.497 e. The Hall–Kier alpha value is -1.71. The number of carboxylic acids is 1. The first-order valence-corrected chi connectivity index (χ1v) is 7.08. The first kappa shape index (κ1) is 14.7. The molecule has 0 aromatic heterocycles. The predicted molar refractivity (Wildman–Crippen MR) is 76.5 cm³/mol. The first-order chi connectivity index (χ1) is 9.63. The van der Waals surface area contributed by atoms with Gasteiger partial charge >= 0.3 is 5.97 Å². The summed E-state index contributed by atoms with van der Waals surface area (Å²) in [7, 11) is 3.27. The second-order valence-corrected chi connectivity index (χ2v) is 5.39. The maximum atomic E-state index is 11.0. The molecule has 1 N–H and O–H groups in total. The van der Waals surface area contributed by atoms with Crippen LogP contribution in [0.1, 0.15) is 43.6 Å².